The van der Waals surface area contributed by atoms with Gasteiger partial charge in [0.2, 0.25) is 0 Å². The molecule has 3 aromatic heterocycles. The minimum absolute atomic E-state index is 0. The summed E-state index contributed by atoms with van der Waals surface area (Å²) in [5, 5.41) is 2.23. The largest absolute Gasteiger partial charge is 0.510 e. The van der Waals surface area contributed by atoms with E-state index in [1.807, 2.05) is 30.5 Å². The average molecular weight is 1120 g/mol. The molecule has 12 rings (SSSR count). The summed E-state index contributed by atoms with van der Waals surface area (Å²) in [6.07, 6.45) is 8.03. The standard InChI is InChI=1S/C66H62N4O.Pt/c1-62(2,3)44-35-45(37-47(36-44)71-46-28-29-51-50-19-12-13-22-56(50)70(59(51)38-46)60-25-16-17-32-67-60)68-41-69(58-24-15-14-23-57(58)68)61-48(42-26-30-52-54(33-42)65(8,9)39-63(52,4)5)20-18-21-49(61)43-27-31-53-55(34-43)66(10,11)40-64(53,6)7;/h12-36H,39-40H2,1-11H3;/q-2;. The van der Waals surface area contributed by atoms with E-state index in [9.17, 15) is 0 Å². The van der Waals surface area contributed by atoms with E-state index in [4.69, 9.17) is 9.72 Å². The maximum atomic E-state index is 6.89. The Morgan fingerprint density at radius 2 is 1.15 bits per heavy atom. The molecule has 2 aliphatic rings. The molecule has 0 saturated heterocycles. The first-order valence-electron chi connectivity index (χ1n) is 25.3. The summed E-state index contributed by atoms with van der Waals surface area (Å²) >= 11 is 0. The van der Waals surface area contributed by atoms with Gasteiger partial charge >= 0.3 is 0 Å². The second-order valence-electron chi connectivity index (χ2n) is 24.0. The van der Waals surface area contributed by atoms with Gasteiger partial charge in [-0.1, -0.05) is 185 Å². The summed E-state index contributed by atoms with van der Waals surface area (Å²) in [4.78, 5) is 4.75. The Labute approximate surface area is 439 Å². The van der Waals surface area contributed by atoms with Crippen molar-refractivity contribution in [1.82, 2.24) is 14.1 Å². The molecule has 0 N–H and O–H groups in total. The predicted molar refractivity (Wildman–Crippen MR) is 291 cm³/mol. The van der Waals surface area contributed by atoms with Crippen LogP contribution in [0.4, 0.5) is 0 Å². The van der Waals surface area contributed by atoms with E-state index in [2.05, 4.69) is 230 Å². The van der Waals surface area contributed by atoms with Crippen LogP contribution in [-0.2, 0) is 48.1 Å². The fraction of sp³-hybridized carbons (Fsp3) is 0.273. The van der Waals surface area contributed by atoms with Gasteiger partial charge in [0, 0.05) is 44.3 Å². The van der Waals surface area contributed by atoms with Crippen molar-refractivity contribution < 1.29 is 30.4 Å². The Bertz CT molecular complexity index is 3690. The predicted octanol–water partition coefficient (Wildman–Crippen LogP) is 16.1. The number of hydrogen-bond acceptors (Lipinski definition) is 2. The Morgan fingerprint density at radius 1 is 0.556 bits per heavy atom. The van der Waals surface area contributed by atoms with Gasteiger partial charge in [-0.25, -0.2) is 4.98 Å². The van der Waals surface area contributed by atoms with E-state index in [0.29, 0.717) is 11.5 Å². The van der Waals surface area contributed by atoms with Gasteiger partial charge in [-0.15, -0.1) is 29.7 Å². The second kappa shape index (κ2) is 16.8. The monoisotopic (exact) mass is 1120 g/mol. The van der Waals surface area contributed by atoms with Gasteiger partial charge in [0.05, 0.1) is 16.7 Å². The van der Waals surface area contributed by atoms with Crippen molar-refractivity contribution in [2.45, 2.75) is 116 Å². The molecule has 0 saturated carbocycles. The van der Waals surface area contributed by atoms with E-state index in [1.165, 1.54) is 44.5 Å². The molecule has 0 bridgehead atoms. The average Bonchev–Trinajstić information content (AvgIpc) is 3.99. The van der Waals surface area contributed by atoms with Crippen molar-refractivity contribution in [2.75, 3.05) is 0 Å². The van der Waals surface area contributed by atoms with Crippen molar-refractivity contribution in [1.29, 1.82) is 0 Å². The van der Waals surface area contributed by atoms with Crippen molar-refractivity contribution in [3.63, 3.8) is 0 Å². The number of para-hydroxylation sites is 4. The minimum Gasteiger partial charge on any atom is -0.510 e. The molecule has 10 aromatic rings. The Morgan fingerprint density at radius 3 is 1.78 bits per heavy atom. The van der Waals surface area contributed by atoms with Crippen molar-refractivity contribution in [2.24, 2.45) is 0 Å². The third-order valence-corrected chi connectivity index (χ3v) is 15.8. The zero-order valence-electron chi connectivity index (χ0n) is 43.4. The second-order valence-corrected chi connectivity index (χ2v) is 24.0. The zero-order valence-corrected chi connectivity index (χ0v) is 45.6. The first-order chi connectivity index (χ1) is 33.8. The van der Waals surface area contributed by atoms with Crippen LogP contribution in [0.25, 0.3) is 72.3 Å². The summed E-state index contributed by atoms with van der Waals surface area (Å²) < 4.78 is 13.5. The Kier molecular flexibility index (Phi) is 11.1. The van der Waals surface area contributed by atoms with Crippen LogP contribution < -0.4 is 9.30 Å². The number of hydrogen-bond donors (Lipinski definition) is 0. The van der Waals surface area contributed by atoms with Gasteiger partial charge in [-0.2, -0.15) is 17.7 Å². The Balaban J connectivity index is 0.00000560. The normalized spacial score (nSPS) is 16.2. The minimum atomic E-state index is -0.203. The summed E-state index contributed by atoms with van der Waals surface area (Å²) in [6.45, 7) is 25.9. The molecule has 0 aliphatic heterocycles. The summed E-state index contributed by atoms with van der Waals surface area (Å²) in [5.74, 6) is 2.04. The van der Waals surface area contributed by atoms with Gasteiger partial charge in [-0.05, 0) is 114 Å². The smallest absolute Gasteiger partial charge is 0.268 e. The van der Waals surface area contributed by atoms with Gasteiger partial charge in [-0.3, -0.25) is 4.57 Å². The van der Waals surface area contributed by atoms with Crippen molar-refractivity contribution in [3.05, 3.63) is 198 Å². The molecule has 72 heavy (non-hydrogen) atoms. The van der Waals surface area contributed by atoms with Gasteiger partial charge in [0.1, 0.15) is 5.82 Å². The fourth-order valence-corrected chi connectivity index (χ4v) is 12.9. The molecule has 6 heteroatoms. The van der Waals surface area contributed by atoms with E-state index < -0.39 is 0 Å². The number of pyridine rings is 1. The Hall–Kier alpha value is -6.55. The number of benzene rings is 7. The summed E-state index contributed by atoms with van der Waals surface area (Å²) in [6, 6.07) is 60.3. The van der Waals surface area contributed by atoms with Crippen LogP contribution in [0.15, 0.2) is 152 Å². The molecule has 7 aromatic carbocycles. The molecule has 364 valence electrons. The summed E-state index contributed by atoms with van der Waals surface area (Å²) in [5.41, 5.74) is 17.7. The molecule has 3 heterocycles. The van der Waals surface area contributed by atoms with Gasteiger partial charge in [0.25, 0.3) is 6.33 Å². The molecule has 0 amide bonds. The molecule has 0 radical (unpaired) electrons. The van der Waals surface area contributed by atoms with Crippen LogP contribution in [0.5, 0.6) is 11.5 Å². The number of aromatic nitrogens is 4. The SMILES string of the molecule is CC(C)(C)c1cc(Oc2[c-]c3c(cc2)c2ccccc2n3-c2ccccn2)[c-]c(-n2[c-][n+](-c3c(-c4ccc5c(c4)C(C)(C)CC5(C)C)cccc3-c3ccc4c(c3)C(C)(C)CC4(C)C)c3ccccc32)c1.[Pt]. The third kappa shape index (κ3) is 7.77. The number of nitrogens with zero attached hydrogens (tertiary/aromatic N) is 4. The van der Waals surface area contributed by atoms with E-state index >= 15 is 0 Å². The first-order valence-corrected chi connectivity index (χ1v) is 25.3. The molecule has 2 aliphatic carbocycles. The molecular weight excluding hydrogens is 1060 g/mol. The number of ether oxygens (including phenoxy) is 1. The van der Waals surface area contributed by atoms with Crippen molar-refractivity contribution >= 4 is 32.8 Å². The van der Waals surface area contributed by atoms with Crippen molar-refractivity contribution in [3.8, 4) is 50.9 Å². The van der Waals surface area contributed by atoms with Crippen LogP contribution in [-0.4, -0.2) is 14.1 Å². The number of rotatable bonds is 7. The molecule has 0 atom stereocenters. The van der Waals surface area contributed by atoms with Crippen LogP contribution >= 0.6 is 0 Å². The van der Waals surface area contributed by atoms with E-state index in [0.717, 1.165) is 68.4 Å². The molecule has 0 fully saturated rings. The van der Waals surface area contributed by atoms with Gasteiger partial charge in [0.15, 0.2) is 0 Å². The van der Waals surface area contributed by atoms with Crippen LogP contribution in [0.2, 0.25) is 0 Å². The van der Waals surface area contributed by atoms with Crippen LogP contribution in [0.3, 0.4) is 0 Å². The zero-order chi connectivity index (χ0) is 49.4. The quantitative estimate of drug-likeness (QED) is 0.118. The topological polar surface area (TPSA) is 35.9 Å². The third-order valence-electron chi connectivity index (χ3n) is 15.8. The molecular formula is C66H62N4OPt-2. The maximum absolute atomic E-state index is 6.89. The molecule has 5 nitrogen and oxygen atoms in total. The number of imidazole rings is 1. The first kappa shape index (κ1) is 47.8. The molecule has 0 unspecified atom stereocenters. The molecule has 0 spiro atoms. The number of fused-ring (bicyclic) bond motifs is 6. The van der Waals surface area contributed by atoms with E-state index in [1.54, 1.807) is 0 Å². The van der Waals surface area contributed by atoms with Crippen LogP contribution in [0, 0.1) is 18.5 Å². The maximum Gasteiger partial charge on any atom is 0.268 e. The van der Waals surface area contributed by atoms with Crippen LogP contribution in [0.1, 0.15) is 117 Å². The fourth-order valence-electron chi connectivity index (χ4n) is 12.9. The van der Waals surface area contributed by atoms with Gasteiger partial charge < -0.3 is 13.9 Å². The summed E-state index contributed by atoms with van der Waals surface area (Å²) in [7, 11) is 0. The van der Waals surface area contributed by atoms with E-state index in [-0.39, 0.29) is 48.1 Å².